The molecule has 0 aliphatic carbocycles. The summed E-state index contributed by atoms with van der Waals surface area (Å²) < 4.78 is 25.2. The Balaban J connectivity index is 2.61. The average Bonchev–Trinajstić information content (AvgIpc) is 2.15. The normalized spacial score (nSPS) is 18.8. The molecule has 0 fully saturated rings. The summed E-state index contributed by atoms with van der Waals surface area (Å²) in [6, 6.07) is 6.44. The highest BCUT2D eigenvalue weighted by Gasteiger charge is 2.36. The molecule has 0 atom stereocenters. The van der Waals surface area contributed by atoms with Crippen molar-refractivity contribution in [2.75, 3.05) is 0 Å². The lowest BCUT2D eigenvalue weighted by atomic mass is 10.4. The van der Waals surface area contributed by atoms with E-state index in [0.29, 0.717) is 4.90 Å². The van der Waals surface area contributed by atoms with Gasteiger partial charge < -0.3 is 0 Å². The van der Waals surface area contributed by atoms with Gasteiger partial charge in [-0.25, -0.2) is 0 Å². The predicted octanol–water partition coefficient (Wildman–Crippen LogP) is 3.25. The maximum absolute atomic E-state index is 11.8. The molecule has 86 valence electrons. The third-order valence-electron chi connectivity index (χ3n) is 1.78. The molecule has 0 saturated carbocycles. The number of sulfonamides is 1. The van der Waals surface area contributed by atoms with Gasteiger partial charge in [0.05, 0.1) is 0 Å². The maximum Gasteiger partial charge on any atom is 0.284 e. The zero-order valence-corrected chi connectivity index (χ0v) is 11.4. The van der Waals surface area contributed by atoms with Gasteiger partial charge in [0.15, 0.2) is 0 Å². The SMILES string of the molecule is O=S1(=O)N=C(C(Cl)(Cl)Cl)Sc2ccccc21. The van der Waals surface area contributed by atoms with Crippen molar-refractivity contribution < 1.29 is 8.42 Å². The number of benzene rings is 1. The van der Waals surface area contributed by atoms with Crippen LogP contribution in [0.4, 0.5) is 0 Å². The molecule has 8 heteroatoms. The van der Waals surface area contributed by atoms with Crippen LogP contribution in [0.3, 0.4) is 0 Å². The Morgan fingerprint density at radius 2 is 1.81 bits per heavy atom. The van der Waals surface area contributed by atoms with E-state index in [1.807, 2.05) is 0 Å². The van der Waals surface area contributed by atoms with E-state index in [0.717, 1.165) is 11.8 Å². The Hall–Kier alpha value is 0.0600. The molecule has 0 saturated heterocycles. The molecule has 16 heavy (non-hydrogen) atoms. The van der Waals surface area contributed by atoms with E-state index < -0.39 is 13.8 Å². The van der Waals surface area contributed by atoms with Crippen LogP contribution in [0.5, 0.6) is 0 Å². The standard InChI is InChI=1S/C8H4Cl3NO2S2/c9-8(10,11)7-12-16(13,14)6-4-2-1-3-5(6)15-7/h1-4H. The van der Waals surface area contributed by atoms with E-state index in [-0.39, 0.29) is 9.94 Å². The smallest absolute Gasteiger partial charge is 0.199 e. The molecule has 1 aliphatic rings. The van der Waals surface area contributed by atoms with Gasteiger partial charge in [0, 0.05) is 4.90 Å². The summed E-state index contributed by atoms with van der Waals surface area (Å²) in [7, 11) is -3.76. The van der Waals surface area contributed by atoms with E-state index >= 15 is 0 Å². The van der Waals surface area contributed by atoms with Gasteiger partial charge in [0.2, 0.25) is 3.79 Å². The van der Waals surface area contributed by atoms with Gasteiger partial charge >= 0.3 is 0 Å². The zero-order valence-electron chi connectivity index (χ0n) is 7.52. The first-order chi connectivity index (χ1) is 7.31. The molecule has 0 amide bonds. The van der Waals surface area contributed by atoms with Crippen LogP contribution in [0.15, 0.2) is 38.5 Å². The maximum atomic E-state index is 11.8. The van der Waals surface area contributed by atoms with Gasteiger partial charge in [-0.05, 0) is 12.1 Å². The first-order valence-electron chi connectivity index (χ1n) is 4.00. The molecule has 1 aromatic carbocycles. The summed E-state index contributed by atoms with van der Waals surface area (Å²) in [5, 5.41) is -0.0591. The van der Waals surface area contributed by atoms with Gasteiger partial charge in [0.25, 0.3) is 10.0 Å². The molecular weight excluding hydrogens is 313 g/mol. The van der Waals surface area contributed by atoms with Gasteiger partial charge in [0.1, 0.15) is 9.94 Å². The third-order valence-corrected chi connectivity index (χ3v) is 5.40. The fraction of sp³-hybridized carbons (Fsp3) is 0.125. The quantitative estimate of drug-likeness (QED) is 0.690. The molecule has 1 aromatic rings. The molecule has 2 rings (SSSR count). The Kier molecular flexibility index (Phi) is 3.18. The highest BCUT2D eigenvalue weighted by molar-refractivity contribution is 8.16. The highest BCUT2D eigenvalue weighted by Crippen LogP contribution is 2.42. The Labute approximate surface area is 112 Å². The van der Waals surface area contributed by atoms with E-state index in [1.165, 1.54) is 6.07 Å². The monoisotopic (exact) mass is 315 g/mol. The Morgan fingerprint density at radius 3 is 2.44 bits per heavy atom. The second kappa shape index (κ2) is 4.07. The third kappa shape index (κ3) is 2.33. The molecule has 0 bridgehead atoms. The largest absolute Gasteiger partial charge is 0.284 e. The number of thioether (sulfide) groups is 1. The zero-order chi connectivity index (χ0) is 12.0. The van der Waals surface area contributed by atoms with Crippen molar-refractivity contribution in [3.05, 3.63) is 24.3 Å². The van der Waals surface area contributed by atoms with E-state index in [2.05, 4.69) is 4.40 Å². The molecule has 1 heterocycles. The number of rotatable bonds is 0. The molecule has 0 radical (unpaired) electrons. The van der Waals surface area contributed by atoms with Crippen LogP contribution in [0.25, 0.3) is 0 Å². The summed E-state index contributed by atoms with van der Waals surface area (Å²) in [4.78, 5) is 0.650. The van der Waals surface area contributed by atoms with Crippen LogP contribution in [-0.4, -0.2) is 17.3 Å². The molecule has 0 aromatic heterocycles. The fourth-order valence-corrected chi connectivity index (χ4v) is 4.31. The van der Waals surface area contributed by atoms with Crippen LogP contribution in [-0.2, 0) is 10.0 Å². The second-order valence-corrected chi connectivity index (χ2v) is 7.80. The van der Waals surface area contributed by atoms with Crippen LogP contribution in [0, 0.1) is 0 Å². The molecule has 0 unspecified atom stereocenters. The van der Waals surface area contributed by atoms with E-state index in [1.54, 1.807) is 18.2 Å². The van der Waals surface area contributed by atoms with Gasteiger partial charge in [-0.3, -0.25) is 0 Å². The topological polar surface area (TPSA) is 46.5 Å². The number of nitrogens with zero attached hydrogens (tertiary/aromatic N) is 1. The van der Waals surface area contributed by atoms with Crippen LogP contribution < -0.4 is 0 Å². The van der Waals surface area contributed by atoms with Crippen LogP contribution in [0.2, 0.25) is 0 Å². The average molecular weight is 317 g/mol. The van der Waals surface area contributed by atoms with E-state index in [4.69, 9.17) is 34.8 Å². The highest BCUT2D eigenvalue weighted by atomic mass is 35.6. The van der Waals surface area contributed by atoms with Crippen molar-refractivity contribution in [1.82, 2.24) is 0 Å². The Morgan fingerprint density at radius 1 is 1.19 bits per heavy atom. The minimum Gasteiger partial charge on any atom is -0.199 e. The lowest BCUT2D eigenvalue weighted by molar-refractivity contribution is 0.596. The fourth-order valence-electron chi connectivity index (χ4n) is 1.14. The summed E-state index contributed by atoms with van der Waals surface area (Å²) >= 11 is 17.9. The molecule has 1 aliphatic heterocycles. The van der Waals surface area contributed by atoms with Crippen molar-refractivity contribution in [1.29, 1.82) is 0 Å². The number of halogens is 3. The number of fused-ring (bicyclic) bond motifs is 1. The predicted molar refractivity (Wildman–Crippen MR) is 67.2 cm³/mol. The van der Waals surface area contributed by atoms with Crippen molar-refractivity contribution in [3.63, 3.8) is 0 Å². The van der Waals surface area contributed by atoms with Crippen molar-refractivity contribution in [2.45, 2.75) is 13.6 Å². The first-order valence-corrected chi connectivity index (χ1v) is 7.39. The lowest BCUT2D eigenvalue weighted by Gasteiger charge is -2.19. The van der Waals surface area contributed by atoms with Crippen LogP contribution in [0.1, 0.15) is 0 Å². The molecule has 3 nitrogen and oxygen atoms in total. The summed E-state index contributed by atoms with van der Waals surface area (Å²) in [5.41, 5.74) is 0. The lowest BCUT2D eigenvalue weighted by Crippen LogP contribution is -2.20. The molecular formula is C8H4Cl3NO2S2. The van der Waals surface area contributed by atoms with E-state index in [9.17, 15) is 8.42 Å². The number of alkyl halides is 3. The minimum atomic E-state index is -3.76. The summed E-state index contributed by atoms with van der Waals surface area (Å²) in [6.45, 7) is 0. The van der Waals surface area contributed by atoms with Crippen molar-refractivity contribution in [3.8, 4) is 0 Å². The molecule has 0 spiro atoms. The van der Waals surface area contributed by atoms with Gasteiger partial charge in [-0.2, -0.15) is 12.8 Å². The second-order valence-electron chi connectivity index (χ2n) is 2.92. The van der Waals surface area contributed by atoms with Gasteiger partial charge in [-0.15, -0.1) is 0 Å². The van der Waals surface area contributed by atoms with Gasteiger partial charge in [-0.1, -0.05) is 58.7 Å². The number of hydrogen-bond acceptors (Lipinski definition) is 3. The molecule has 0 N–H and O–H groups in total. The van der Waals surface area contributed by atoms with Crippen molar-refractivity contribution >= 4 is 61.6 Å². The first kappa shape index (κ1) is 12.5. The number of hydrogen-bond donors (Lipinski definition) is 0. The van der Waals surface area contributed by atoms with Crippen LogP contribution >= 0.6 is 46.6 Å². The minimum absolute atomic E-state index is 0.0591. The summed E-state index contributed by atoms with van der Waals surface area (Å²) in [5.74, 6) is 0. The van der Waals surface area contributed by atoms with Crippen molar-refractivity contribution in [2.24, 2.45) is 4.40 Å². The summed E-state index contributed by atoms with van der Waals surface area (Å²) in [6.07, 6.45) is 0. The Bertz CT molecular complexity index is 563.